The Balaban J connectivity index is 1.73. The summed E-state index contributed by atoms with van der Waals surface area (Å²) in [7, 11) is 0. The first-order valence-corrected chi connectivity index (χ1v) is 5.42. The van der Waals surface area contributed by atoms with Crippen LogP contribution < -0.4 is 5.32 Å². The third-order valence-corrected chi connectivity index (χ3v) is 3.41. The second-order valence-corrected chi connectivity index (χ2v) is 4.65. The minimum Gasteiger partial charge on any atom is -0.377 e. The third kappa shape index (κ3) is 1.37. The summed E-state index contributed by atoms with van der Waals surface area (Å²) in [5, 5.41) is 3.61. The van der Waals surface area contributed by atoms with E-state index in [1.807, 2.05) is 0 Å². The fourth-order valence-electron chi connectivity index (χ4n) is 2.57. The van der Waals surface area contributed by atoms with E-state index in [-0.39, 0.29) is 11.3 Å². The maximum atomic E-state index is 5.85. The number of rotatable bonds is 0. The van der Waals surface area contributed by atoms with E-state index in [9.17, 15) is 0 Å². The van der Waals surface area contributed by atoms with E-state index < -0.39 is 0 Å². The van der Waals surface area contributed by atoms with Crippen molar-refractivity contribution in [2.45, 2.75) is 30.5 Å². The first-order valence-electron chi connectivity index (χ1n) is 5.42. The zero-order chi connectivity index (χ0) is 9.49. The van der Waals surface area contributed by atoms with Crippen molar-refractivity contribution in [2.75, 3.05) is 33.0 Å². The molecule has 1 atom stereocenters. The maximum absolute atomic E-state index is 5.85. The van der Waals surface area contributed by atoms with Crippen molar-refractivity contribution in [3.8, 4) is 0 Å². The summed E-state index contributed by atoms with van der Waals surface area (Å²) in [5.74, 6) is 0. The third-order valence-electron chi connectivity index (χ3n) is 3.41. The Bertz CT molecular complexity index is 216. The van der Waals surface area contributed by atoms with Crippen molar-refractivity contribution in [1.29, 1.82) is 0 Å². The molecular weight excluding hydrogens is 182 g/mol. The van der Waals surface area contributed by atoms with Gasteiger partial charge in [-0.15, -0.1) is 0 Å². The predicted molar refractivity (Wildman–Crippen MR) is 50.0 cm³/mol. The Labute approximate surface area is 83.9 Å². The van der Waals surface area contributed by atoms with Crippen LogP contribution in [0.3, 0.4) is 0 Å². The molecule has 3 rings (SSSR count). The zero-order valence-corrected chi connectivity index (χ0v) is 8.38. The molecule has 3 aliphatic heterocycles. The quantitative estimate of drug-likeness (QED) is 0.608. The summed E-state index contributed by atoms with van der Waals surface area (Å²) >= 11 is 0. The van der Waals surface area contributed by atoms with Crippen LogP contribution in [0.1, 0.15) is 19.3 Å². The van der Waals surface area contributed by atoms with Gasteiger partial charge < -0.3 is 14.2 Å². The molecule has 0 saturated carbocycles. The van der Waals surface area contributed by atoms with Crippen LogP contribution in [-0.4, -0.2) is 44.3 Å². The summed E-state index contributed by atoms with van der Waals surface area (Å²) in [5.41, 5.74) is -0.0147. The van der Waals surface area contributed by atoms with Gasteiger partial charge in [-0.2, -0.15) is 0 Å². The summed E-state index contributed by atoms with van der Waals surface area (Å²) < 4.78 is 16.6. The molecule has 0 aromatic carbocycles. The van der Waals surface area contributed by atoms with Gasteiger partial charge in [0.15, 0.2) is 0 Å². The molecule has 3 heterocycles. The van der Waals surface area contributed by atoms with Gasteiger partial charge in [0.25, 0.3) is 0 Å². The van der Waals surface area contributed by atoms with Gasteiger partial charge >= 0.3 is 0 Å². The normalized spacial score (nSPS) is 41.1. The molecule has 0 aromatic heterocycles. The molecule has 0 aliphatic carbocycles. The van der Waals surface area contributed by atoms with Crippen molar-refractivity contribution >= 4 is 0 Å². The number of hydrogen-bond donors (Lipinski definition) is 1. The second-order valence-electron chi connectivity index (χ2n) is 4.65. The minimum atomic E-state index is -0.208. The average molecular weight is 199 g/mol. The van der Waals surface area contributed by atoms with Crippen LogP contribution in [0.5, 0.6) is 0 Å². The van der Waals surface area contributed by atoms with Crippen molar-refractivity contribution in [3.63, 3.8) is 0 Å². The lowest BCUT2D eigenvalue weighted by atomic mass is 9.88. The summed E-state index contributed by atoms with van der Waals surface area (Å²) in [6, 6.07) is 0. The summed E-state index contributed by atoms with van der Waals surface area (Å²) in [4.78, 5) is 0. The molecule has 80 valence electrons. The lowest BCUT2D eigenvalue weighted by Gasteiger charge is -2.53. The van der Waals surface area contributed by atoms with Crippen LogP contribution in [0.2, 0.25) is 0 Å². The molecule has 3 aliphatic rings. The number of nitrogens with one attached hydrogen (secondary N) is 1. The molecule has 1 N–H and O–H groups in total. The summed E-state index contributed by atoms with van der Waals surface area (Å²) in [6.07, 6.45) is 3.22. The van der Waals surface area contributed by atoms with Gasteiger partial charge in [0.2, 0.25) is 0 Å². The van der Waals surface area contributed by atoms with Crippen molar-refractivity contribution in [1.82, 2.24) is 5.32 Å². The van der Waals surface area contributed by atoms with Crippen molar-refractivity contribution in [3.05, 3.63) is 0 Å². The number of hydrogen-bond acceptors (Lipinski definition) is 4. The second kappa shape index (κ2) is 3.17. The number of ether oxygens (including phenoxy) is 3. The van der Waals surface area contributed by atoms with E-state index in [1.165, 1.54) is 0 Å². The molecule has 0 aromatic rings. The van der Waals surface area contributed by atoms with Crippen LogP contribution in [0.15, 0.2) is 0 Å². The highest BCUT2D eigenvalue weighted by Gasteiger charge is 2.49. The van der Waals surface area contributed by atoms with Crippen LogP contribution >= 0.6 is 0 Å². The topological polar surface area (TPSA) is 39.7 Å². The molecule has 4 nitrogen and oxygen atoms in total. The average Bonchev–Trinajstić information content (AvgIpc) is 2.17. The smallest absolute Gasteiger partial charge is 0.143 e. The molecule has 4 heteroatoms. The van der Waals surface area contributed by atoms with Crippen LogP contribution in [0, 0.1) is 0 Å². The molecule has 0 bridgehead atoms. The fourth-order valence-corrected chi connectivity index (χ4v) is 2.57. The van der Waals surface area contributed by atoms with Gasteiger partial charge in [0.1, 0.15) is 5.72 Å². The zero-order valence-electron chi connectivity index (χ0n) is 8.38. The van der Waals surface area contributed by atoms with E-state index in [4.69, 9.17) is 14.2 Å². The summed E-state index contributed by atoms with van der Waals surface area (Å²) in [6.45, 7) is 4.06. The largest absolute Gasteiger partial charge is 0.377 e. The first kappa shape index (κ1) is 9.09. The highest BCUT2D eigenvalue weighted by Crippen LogP contribution is 2.33. The molecule has 14 heavy (non-hydrogen) atoms. The highest BCUT2D eigenvalue weighted by atomic mass is 16.6. The highest BCUT2D eigenvalue weighted by molar-refractivity contribution is 5.02. The Morgan fingerprint density at radius 3 is 2.50 bits per heavy atom. The predicted octanol–water partition coefficient (Wildman–Crippen LogP) is 0.272. The molecule has 3 fully saturated rings. The van der Waals surface area contributed by atoms with E-state index in [0.717, 1.165) is 45.7 Å². The van der Waals surface area contributed by atoms with Gasteiger partial charge in [-0.1, -0.05) is 0 Å². The van der Waals surface area contributed by atoms with Gasteiger partial charge in [-0.05, 0) is 19.3 Å². The first-order chi connectivity index (χ1) is 6.83. The van der Waals surface area contributed by atoms with E-state index in [1.54, 1.807) is 0 Å². The molecule has 0 radical (unpaired) electrons. The lowest BCUT2D eigenvalue weighted by Crippen LogP contribution is -2.73. The monoisotopic (exact) mass is 199 g/mol. The van der Waals surface area contributed by atoms with Crippen molar-refractivity contribution < 1.29 is 14.2 Å². The Kier molecular flexibility index (Phi) is 2.06. The van der Waals surface area contributed by atoms with Gasteiger partial charge in [0, 0.05) is 6.61 Å². The molecule has 3 saturated heterocycles. The van der Waals surface area contributed by atoms with E-state index in [2.05, 4.69) is 5.32 Å². The van der Waals surface area contributed by atoms with Gasteiger partial charge in [-0.3, -0.25) is 5.32 Å². The Morgan fingerprint density at radius 1 is 0.929 bits per heavy atom. The van der Waals surface area contributed by atoms with Crippen LogP contribution in [0.25, 0.3) is 0 Å². The Hall–Kier alpha value is -0.160. The molecular formula is C10H17NO3. The van der Waals surface area contributed by atoms with Crippen LogP contribution in [0.4, 0.5) is 0 Å². The molecule has 0 amide bonds. The standard InChI is InChI=1S/C10H17NO3/c1-2-10(8-12-4-1)11-9(3-5-14-10)6-13-7-9/h11H,1-8H2. The lowest BCUT2D eigenvalue weighted by molar-refractivity contribution is -0.228. The van der Waals surface area contributed by atoms with Gasteiger partial charge in [0.05, 0.1) is 32.0 Å². The van der Waals surface area contributed by atoms with E-state index >= 15 is 0 Å². The SMILES string of the molecule is C1COCC2(C1)NC1(CCO2)COC1. The fraction of sp³-hybridized carbons (Fsp3) is 1.00. The Morgan fingerprint density at radius 2 is 1.86 bits per heavy atom. The maximum Gasteiger partial charge on any atom is 0.143 e. The van der Waals surface area contributed by atoms with Crippen molar-refractivity contribution in [2.24, 2.45) is 0 Å². The molecule has 1 unspecified atom stereocenters. The van der Waals surface area contributed by atoms with Gasteiger partial charge in [-0.25, -0.2) is 0 Å². The van der Waals surface area contributed by atoms with E-state index in [0.29, 0.717) is 6.61 Å². The molecule has 2 spiro atoms. The van der Waals surface area contributed by atoms with Crippen LogP contribution in [-0.2, 0) is 14.2 Å². The minimum absolute atomic E-state index is 0.193.